The van der Waals surface area contributed by atoms with Gasteiger partial charge in [0.2, 0.25) is 0 Å². The van der Waals surface area contributed by atoms with Gasteiger partial charge in [-0.1, -0.05) is 18.2 Å². The number of benzene rings is 1. The second-order valence-electron chi connectivity index (χ2n) is 2.56. The summed E-state index contributed by atoms with van der Waals surface area (Å²) in [5.41, 5.74) is 1.96. The summed E-state index contributed by atoms with van der Waals surface area (Å²) in [5.74, 6) is 5.64. The Labute approximate surface area is 82.2 Å². The molecule has 0 spiro atoms. The van der Waals surface area contributed by atoms with Crippen molar-refractivity contribution < 1.29 is 9.53 Å². The molecule has 1 aromatic carbocycles. The van der Waals surface area contributed by atoms with Crippen LogP contribution in [-0.2, 0) is 0 Å². The van der Waals surface area contributed by atoms with Crippen LogP contribution in [-0.4, -0.2) is 19.2 Å². The lowest BCUT2D eigenvalue weighted by molar-refractivity contribution is 0.236. The van der Waals surface area contributed by atoms with Crippen molar-refractivity contribution >= 4 is 6.03 Å². The Balaban J connectivity index is 2.13. The number of nitrogens with one attached hydrogen (secondary N) is 2. The molecule has 2 amide bonds. The third-order valence-corrected chi connectivity index (χ3v) is 1.53. The third-order valence-electron chi connectivity index (χ3n) is 1.53. The summed E-state index contributed by atoms with van der Waals surface area (Å²) >= 11 is 0. The molecule has 14 heavy (non-hydrogen) atoms. The van der Waals surface area contributed by atoms with E-state index in [0.717, 1.165) is 5.75 Å². The largest absolute Gasteiger partial charge is 0.492 e. The van der Waals surface area contributed by atoms with E-state index >= 15 is 0 Å². The number of rotatable bonds is 4. The zero-order valence-electron chi connectivity index (χ0n) is 7.69. The van der Waals surface area contributed by atoms with Crippen molar-refractivity contribution in [1.29, 1.82) is 0 Å². The number of carbonyl (C=O) groups excluding carboxylic acids is 1. The molecule has 0 aliphatic carbocycles. The number of ether oxygens (including phenoxy) is 1. The summed E-state index contributed by atoms with van der Waals surface area (Å²) in [6.45, 7) is 0.829. The summed E-state index contributed by atoms with van der Waals surface area (Å²) < 4.78 is 5.32. The minimum absolute atomic E-state index is 0.414. The van der Waals surface area contributed by atoms with Gasteiger partial charge in [-0.3, -0.25) is 5.43 Å². The molecular formula is C9H13N3O2. The topological polar surface area (TPSA) is 76.4 Å². The number of carbonyl (C=O) groups is 1. The highest BCUT2D eigenvalue weighted by atomic mass is 16.5. The molecule has 0 bridgehead atoms. The molecule has 0 aromatic heterocycles. The highest BCUT2D eigenvalue weighted by Crippen LogP contribution is 2.07. The molecule has 1 aromatic rings. The number of hydrogen-bond donors (Lipinski definition) is 3. The zero-order chi connectivity index (χ0) is 10.2. The van der Waals surface area contributed by atoms with Crippen LogP contribution in [0, 0.1) is 0 Å². The Hall–Kier alpha value is -1.75. The maximum Gasteiger partial charge on any atom is 0.329 e. The Kier molecular flexibility index (Phi) is 4.30. The van der Waals surface area contributed by atoms with Gasteiger partial charge in [0.25, 0.3) is 0 Å². The van der Waals surface area contributed by atoms with Crippen molar-refractivity contribution in [3.8, 4) is 5.75 Å². The summed E-state index contributed by atoms with van der Waals surface area (Å²) in [6, 6.07) is 8.96. The van der Waals surface area contributed by atoms with Gasteiger partial charge < -0.3 is 10.1 Å². The van der Waals surface area contributed by atoms with Crippen molar-refractivity contribution in [1.82, 2.24) is 10.7 Å². The van der Waals surface area contributed by atoms with Crippen LogP contribution in [0.15, 0.2) is 30.3 Å². The molecule has 76 valence electrons. The maximum absolute atomic E-state index is 10.6. The zero-order valence-corrected chi connectivity index (χ0v) is 7.69. The number of amides is 2. The highest BCUT2D eigenvalue weighted by Gasteiger charge is 1.95. The van der Waals surface area contributed by atoms with Gasteiger partial charge in [0, 0.05) is 0 Å². The normalized spacial score (nSPS) is 9.21. The first-order valence-corrected chi connectivity index (χ1v) is 4.25. The predicted octanol–water partition coefficient (Wildman–Crippen LogP) is 0.238. The van der Waals surface area contributed by atoms with Crippen molar-refractivity contribution in [2.24, 2.45) is 5.84 Å². The van der Waals surface area contributed by atoms with Crippen LogP contribution in [0.3, 0.4) is 0 Å². The number of para-hydroxylation sites is 1. The first kappa shape index (κ1) is 10.3. The molecule has 0 atom stereocenters. The van der Waals surface area contributed by atoms with Gasteiger partial charge >= 0.3 is 6.03 Å². The van der Waals surface area contributed by atoms with Crippen LogP contribution in [0.2, 0.25) is 0 Å². The average Bonchev–Trinajstić information content (AvgIpc) is 2.25. The quantitative estimate of drug-likeness (QED) is 0.279. The van der Waals surface area contributed by atoms with Crippen molar-refractivity contribution in [2.75, 3.05) is 13.2 Å². The SMILES string of the molecule is NNC(=O)NCCOc1ccccc1. The molecule has 0 fully saturated rings. The molecule has 0 heterocycles. The minimum Gasteiger partial charge on any atom is -0.492 e. The molecule has 0 aliphatic rings. The van der Waals surface area contributed by atoms with Crippen molar-refractivity contribution in [3.05, 3.63) is 30.3 Å². The van der Waals surface area contributed by atoms with Crippen molar-refractivity contribution in [3.63, 3.8) is 0 Å². The van der Waals surface area contributed by atoms with E-state index in [1.165, 1.54) is 0 Å². The lowest BCUT2D eigenvalue weighted by atomic mass is 10.3. The van der Waals surface area contributed by atoms with Crippen molar-refractivity contribution in [2.45, 2.75) is 0 Å². The van der Waals surface area contributed by atoms with Crippen LogP contribution in [0.5, 0.6) is 5.75 Å². The third kappa shape index (κ3) is 3.77. The molecular weight excluding hydrogens is 182 g/mol. The first-order valence-electron chi connectivity index (χ1n) is 4.25. The van der Waals surface area contributed by atoms with E-state index in [2.05, 4.69) is 5.32 Å². The predicted molar refractivity (Wildman–Crippen MR) is 52.7 cm³/mol. The second kappa shape index (κ2) is 5.82. The molecule has 0 saturated carbocycles. The van der Waals surface area contributed by atoms with Gasteiger partial charge in [0.15, 0.2) is 0 Å². The average molecular weight is 195 g/mol. The Morgan fingerprint density at radius 1 is 1.36 bits per heavy atom. The van der Waals surface area contributed by atoms with E-state index < -0.39 is 6.03 Å². The van der Waals surface area contributed by atoms with E-state index in [-0.39, 0.29) is 0 Å². The van der Waals surface area contributed by atoms with Gasteiger partial charge in [-0.15, -0.1) is 0 Å². The fourth-order valence-corrected chi connectivity index (χ4v) is 0.901. The molecule has 0 saturated heterocycles. The maximum atomic E-state index is 10.6. The molecule has 1 rings (SSSR count). The van der Waals surface area contributed by atoms with Gasteiger partial charge in [-0.05, 0) is 12.1 Å². The number of nitrogens with two attached hydrogens (primary N) is 1. The fourth-order valence-electron chi connectivity index (χ4n) is 0.901. The van der Waals surface area contributed by atoms with Crippen LogP contribution < -0.4 is 21.3 Å². The van der Waals surface area contributed by atoms with Gasteiger partial charge in [0.1, 0.15) is 12.4 Å². The first-order chi connectivity index (χ1) is 6.83. The molecule has 4 N–H and O–H groups in total. The number of hydrogen-bond acceptors (Lipinski definition) is 3. The van der Waals surface area contributed by atoms with Crippen LogP contribution in [0.4, 0.5) is 4.79 Å². The summed E-state index contributed by atoms with van der Waals surface area (Å²) in [5, 5.41) is 2.50. The molecule has 5 heteroatoms. The summed E-state index contributed by atoms with van der Waals surface area (Å²) in [4.78, 5) is 10.6. The van der Waals surface area contributed by atoms with Crippen LogP contribution in [0.1, 0.15) is 0 Å². The minimum atomic E-state index is -0.415. The Morgan fingerprint density at radius 2 is 2.07 bits per heavy atom. The molecule has 5 nitrogen and oxygen atoms in total. The Bertz CT molecular complexity index is 277. The number of hydrazine groups is 1. The van der Waals surface area contributed by atoms with Crippen LogP contribution in [0.25, 0.3) is 0 Å². The fraction of sp³-hybridized carbons (Fsp3) is 0.222. The molecule has 0 aliphatic heterocycles. The van der Waals surface area contributed by atoms with E-state index in [1.807, 2.05) is 35.8 Å². The second-order valence-corrected chi connectivity index (χ2v) is 2.56. The monoisotopic (exact) mass is 195 g/mol. The number of urea groups is 1. The Morgan fingerprint density at radius 3 is 2.71 bits per heavy atom. The van der Waals surface area contributed by atoms with E-state index in [4.69, 9.17) is 10.6 Å². The standard InChI is InChI=1S/C9H13N3O2/c10-12-9(13)11-6-7-14-8-4-2-1-3-5-8/h1-5H,6-7,10H2,(H2,11,12,13). The molecule has 0 radical (unpaired) electrons. The molecule has 0 unspecified atom stereocenters. The van der Waals surface area contributed by atoms with Gasteiger partial charge in [0.05, 0.1) is 6.54 Å². The van der Waals surface area contributed by atoms with E-state index in [1.54, 1.807) is 0 Å². The lowest BCUT2D eigenvalue weighted by Crippen LogP contribution is -2.41. The van der Waals surface area contributed by atoms with E-state index in [0.29, 0.717) is 13.2 Å². The van der Waals surface area contributed by atoms with Crippen LogP contribution >= 0.6 is 0 Å². The van der Waals surface area contributed by atoms with Gasteiger partial charge in [-0.2, -0.15) is 0 Å². The summed E-state index contributed by atoms with van der Waals surface area (Å²) in [6.07, 6.45) is 0. The summed E-state index contributed by atoms with van der Waals surface area (Å²) in [7, 11) is 0. The smallest absolute Gasteiger partial charge is 0.329 e. The van der Waals surface area contributed by atoms with Gasteiger partial charge in [-0.25, -0.2) is 10.6 Å². The van der Waals surface area contributed by atoms with E-state index in [9.17, 15) is 4.79 Å². The lowest BCUT2D eigenvalue weighted by Gasteiger charge is -2.06. The highest BCUT2D eigenvalue weighted by molar-refractivity contribution is 5.72.